The molecule has 2 aliphatic rings. The van der Waals surface area contributed by atoms with Gasteiger partial charge in [-0.05, 0) is 17.0 Å². The van der Waals surface area contributed by atoms with E-state index in [-0.39, 0.29) is 0 Å². The Labute approximate surface area is 97.1 Å². The third kappa shape index (κ3) is 1.34. The van der Waals surface area contributed by atoms with Gasteiger partial charge in [-0.1, -0.05) is 23.9 Å². The summed E-state index contributed by atoms with van der Waals surface area (Å²) in [6.45, 7) is 0. The van der Waals surface area contributed by atoms with Crippen molar-refractivity contribution >= 4 is 23.4 Å². The maximum absolute atomic E-state index is 11.0. The zero-order valence-electron chi connectivity index (χ0n) is 8.38. The lowest BCUT2D eigenvalue weighted by molar-refractivity contribution is -0.132. The highest BCUT2D eigenvalue weighted by Crippen LogP contribution is 2.41. The van der Waals surface area contributed by atoms with Gasteiger partial charge < -0.3 is 10.0 Å². The van der Waals surface area contributed by atoms with Crippen LogP contribution in [0.2, 0.25) is 0 Å². The summed E-state index contributed by atoms with van der Waals surface area (Å²) in [4.78, 5) is 14.1. The van der Waals surface area contributed by atoms with Crippen LogP contribution < -0.4 is 4.90 Å². The number of carbonyl (C=O) groups is 1. The fourth-order valence-corrected chi connectivity index (χ4v) is 2.84. The molecular formula is C12H9NO2S. The minimum absolute atomic E-state index is 0.432. The van der Waals surface area contributed by atoms with Crippen LogP contribution in [0.25, 0.3) is 0 Å². The molecule has 0 atom stereocenters. The third-order valence-electron chi connectivity index (χ3n) is 2.71. The highest BCUT2D eigenvalue weighted by atomic mass is 32.2. The molecule has 0 saturated heterocycles. The number of rotatable bonds is 1. The first-order valence-electron chi connectivity index (χ1n) is 4.93. The summed E-state index contributed by atoms with van der Waals surface area (Å²) in [7, 11) is 0. The van der Waals surface area contributed by atoms with Crippen LogP contribution in [-0.2, 0) is 11.2 Å². The Morgan fingerprint density at radius 1 is 1.44 bits per heavy atom. The highest BCUT2D eigenvalue weighted by molar-refractivity contribution is 8.02. The van der Waals surface area contributed by atoms with Crippen LogP contribution in [0.15, 0.2) is 46.5 Å². The molecule has 0 bridgehead atoms. The van der Waals surface area contributed by atoms with Crippen LogP contribution in [-0.4, -0.2) is 11.1 Å². The van der Waals surface area contributed by atoms with E-state index in [4.69, 9.17) is 5.11 Å². The molecule has 0 fully saturated rings. The van der Waals surface area contributed by atoms with Crippen molar-refractivity contribution in [1.29, 1.82) is 0 Å². The van der Waals surface area contributed by atoms with Crippen LogP contribution in [0, 0.1) is 0 Å². The number of anilines is 1. The van der Waals surface area contributed by atoms with E-state index in [2.05, 4.69) is 6.07 Å². The fraction of sp³-hybridized carbons (Fsp3) is 0.0833. The van der Waals surface area contributed by atoms with Gasteiger partial charge in [0.25, 0.3) is 0 Å². The molecule has 3 nitrogen and oxygen atoms in total. The molecule has 3 rings (SSSR count). The van der Waals surface area contributed by atoms with Gasteiger partial charge in [0.15, 0.2) is 0 Å². The van der Waals surface area contributed by atoms with Crippen molar-refractivity contribution < 1.29 is 9.90 Å². The SMILES string of the molecule is O=C(O)C1=CN2C=CSc3cccc(c32)C1. The number of nitrogens with zero attached hydrogens (tertiary/aromatic N) is 1. The molecule has 0 unspecified atom stereocenters. The van der Waals surface area contributed by atoms with E-state index in [0.717, 1.165) is 11.3 Å². The zero-order valence-corrected chi connectivity index (χ0v) is 9.20. The normalized spacial score (nSPS) is 16.8. The Morgan fingerprint density at radius 3 is 3.12 bits per heavy atom. The van der Waals surface area contributed by atoms with Crippen LogP contribution in [0.4, 0.5) is 5.69 Å². The molecule has 80 valence electrons. The number of para-hydroxylation sites is 1. The minimum atomic E-state index is -0.845. The lowest BCUT2D eigenvalue weighted by atomic mass is 10.00. The van der Waals surface area contributed by atoms with E-state index in [1.54, 1.807) is 18.0 Å². The van der Waals surface area contributed by atoms with Gasteiger partial charge in [0.1, 0.15) is 0 Å². The standard InChI is InChI=1S/C12H9NO2S/c14-12(15)9-6-8-2-1-3-10-11(8)13(7-9)4-5-16-10/h1-5,7H,6H2,(H,14,15). The van der Waals surface area contributed by atoms with E-state index >= 15 is 0 Å². The highest BCUT2D eigenvalue weighted by Gasteiger charge is 2.24. The number of carboxylic acids is 1. The maximum atomic E-state index is 11.0. The first-order valence-corrected chi connectivity index (χ1v) is 5.81. The summed E-state index contributed by atoms with van der Waals surface area (Å²) < 4.78 is 0. The van der Waals surface area contributed by atoms with E-state index in [1.165, 1.54) is 4.90 Å². The van der Waals surface area contributed by atoms with Crippen molar-refractivity contribution in [2.45, 2.75) is 11.3 Å². The molecular weight excluding hydrogens is 222 g/mol. The summed E-state index contributed by atoms with van der Waals surface area (Å²) in [6.07, 6.45) is 4.10. The first kappa shape index (κ1) is 9.54. The predicted molar refractivity (Wildman–Crippen MR) is 63.3 cm³/mol. The predicted octanol–water partition coefficient (Wildman–Crippen LogP) is 2.59. The Balaban J connectivity index is 2.16. The summed E-state index contributed by atoms with van der Waals surface area (Å²) in [5.41, 5.74) is 2.63. The van der Waals surface area contributed by atoms with Crippen molar-refractivity contribution in [2.24, 2.45) is 0 Å². The third-order valence-corrected chi connectivity index (χ3v) is 3.55. The molecule has 0 spiro atoms. The van der Waals surface area contributed by atoms with Crippen LogP contribution in [0.3, 0.4) is 0 Å². The van der Waals surface area contributed by atoms with Crippen molar-refractivity contribution in [3.8, 4) is 0 Å². The number of benzene rings is 1. The summed E-state index contributed by atoms with van der Waals surface area (Å²) in [5, 5.41) is 11.0. The Kier molecular flexibility index (Phi) is 2.04. The van der Waals surface area contributed by atoms with Gasteiger partial charge in [-0.3, -0.25) is 0 Å². The first-order chi connectivity index (χ1) is 7.75. The lowest BCUT2D eigenvalue weighted by Crippen LogP contribution is -2.21. The lowest BCUT2D eigenvalue weighted by Gasteiger charge is -2.29. The Hall–Kier alpha value is -1.68. The van der Waals surface area contributed by atoms with Gasteiger partial charge in [-0.25, -0.2) is 4.79 Å². The second-order valence-electron chi connectivity index (χ2n) is 3.71. The summed E-state index contributed by atoms with van der Waals surface area (Å²) >= 11 is 1.67. The largest absolute Gasteiger partial charge is 0.478 e. The van der Waals surface area contributed by atoms with Crippen LogP contribution >= 0.6 is 11.8 Å². The maximum Gasteiger partial charge on any atom is 0.333 e. The number of hydrogen-bond acceptors (Lipinski definition) is 3. The monoisotopic (exact) mass is 231 g/mol. The van der Waals surface area contributed by atoms with E-state index in [0.29, 0.717) is 12.0 Å². The second kappa shape index (κ2) is 3.42. The quantitative estimate of drug-likeness (QED) is 0.806. The molecule has 0 amide bonds. The van der Waals surface area contributed by atoms with Crippen LogP contribution in [0.1, 0.15) is 5.56 Å². The molecule has 2 aliphatic heterocycles. The topological polar surface area (TPSA) is 40.5 Å². The average molecular weight is 231 g/mol. The minimum Gasteiger partial charge on any atom is -0.478 e. The molecule has 4 heteroatoms. The van der Waals surface area contributed by atoms with E-state index in [9.17, 15) is 4.79 Å². The molecule has 0 aliphatic carbocycles. The molecule has 0 radical (unpaired) electrons. The molecule has 1 aromatic rings. The molecule has 0 aromatic heterocycles. The summed E-state index contributed by atoms with van der Waals surface area (Å²) in [5.74, 6) is -0.845. The number of aliphatic carboxylic acids is 1. The molecule has 2 heterocycles. The van der Waals surface area contributed by atoms with Gasteiger partial charge in [-0.15, -0.1) is 0 Å². The molecule has 16 heavy (non-hydrogen) atoms. The Bertz CT molecular complexity index is 534. The number of carboxylic acid groups (broad SMARTS) is 1. The molecule has 1 aromatic carbocycles. The molecule has 1 N–H and O–H groups in total. The van der Waals surface area contributed by atoms with Gasteiger partial charge in [0.2, 0.25) is 0 Å². The van der Waals surface area contributed by atoms with Gasteiger partial charge >= 0.3 is 5.97 Å². The van der Waals surface area contributed by atoms with Crippen molar-refractivity contribution in [3.63, 3.8) is 0 Å². The van der Waals surface area contributed by atoms with E-state index < -0.39 is 5.97 Å². The van der Waals surface area contributed by atoms with E-state index in [1.807, 2.05) is 28.6 Å². The van der Waals surface area contributed by atoms with Crippen molar-refractivity contribution in [3.05, 3.63) is 47.1 Å². The van der Waals surface area contributed by atoms with Gasteiger partial charge in [0.05, 0.1) is 11.3 Å². The number of hydrogen-bond donors (Lipinski definition) is 1. The molecule has 0 saturated carbocycles. The fourth-order valence-electron chi connectivity index (χ4n) is 2.00. The Morgan fingerprint density at radius 2 is 2.31 bits per heavy atom. The van der Waals surface area contributed by atoms with Crippen molar-refractivity contribution in [2.75, 3.05) is 4.90 Å². The second-order valence-corrected chi connectivity index (χ2v) is 4.66. The van der Waals surface area contributed by atoms with Crippen molar-refractivity contribution in [1.82, 2.24) is 0 Å². The van der Waals surface area contributed by atoms with Gasteiger partial charge in [-0.2, -0.15) is 0 Å². The summed E-state index contributed by atoms with van der Waals surface area (Å²) in [6, 6.07) is 6.02. The average Bonchev–Trinajstić information content (AvgIpc) is 2.29. The zero-order chi connectivity index (χ0) is 11.1. The van der Waals surface area contributed by atoms with Crippen LogP contribution in [0.5, 0.6) is 0 Å². The van der Waals surface area contributed by atoms with Gasteiger partial charge in [0, 0.05) is 23.7 Å². The smallest absolute Gasteiger partial charge is 0.333 e. The number of thioether (sulfide) groups is 1.